The molecule has 1 aliphatic rings. The average Bonchev–Trinajstić information content (AvgIpc) is 2.07. The number of nitrogens with one attached hydrogen (secondary N) is 1. The molecule has 3 nitrogen and oxygen atoms in total. The van der Waals surface area contributed by atoms with Gasteiger partial charge in [-0.2, -0.15) is 0 Å². The fraction of sp³-hybridized carbons (Fsp3) is 1.00. The van der Waals surface area contributed by atoms with Gasteiger partial charge in [-0.3, -0.25) is 4.90 Å². The van der Waals surface area contributed by atoms with Crippen molar-refractivity contribution in [2.75, 3.05) is 45.9 Å². The lowest BCUT2D eigenvalue weighted by Crippen LogP contribution is -2.40. The maximum Gasteiger partial charge on any atom is 0.0594 e. The molecule has 0 spiro atoms. The van der Waals surface area contributed by atoms with E-state index in [1.165, 1.54) is 0 Å². The summed E-state index contributed by atoms with van der Waals surface area (Å²) in [5.74, 6) is 0. The van der Waals surface area contributed by atoms with Crippen molar-refractivity contribution >= 4 is 0 Å². The van der Waals surface area contributed by atoms with E-state index in [-0.39, 0.29) is 1.43 Å². The highest BCUT2D eigenvalue weighted by atomic mass is 16.5. The van der Waals surface area contributed by atoms with E-state index in [1.54, 1.807) is 0 Å². The van der Waals surface area contributed by atoms with Gasteiger partial charge in [-0.15, -0.1) is 0 Å². The lowest BCUT2D eigenvalue weighted by Gasteiger charge is -2.26. The highest BCUT2D eigenvalue weighted by molar-refractivity contribution is 4.62. The number of hydrogen-bond donors (Lipinski definition) is 1. The van der Waals surface area contributed by atoms with Crippen molar-refractivity contribution in [1.29, 1.82) is 0 Å². The first-order valence-corrected chi connectivity index (χ1v) is 4.44. The number of likely N-dealkylation sites (N-methyl/N-ethyl adjacent to an activating group) is 1. The molecule has 0 aliphatic carbocycles. The van der Waals surface area contributed by atoms with Gasteiger partial charge < -0.3 is 10.1 Å². The fourth-order valence-corrected chi connectivity index (χ4v) is 1.24. The van der Waals surface area contributed by atoms with Crippen LogP contribution in [0.25, 0.3) is 0 Å². The highest BCUT2D eigenvalue weighted by Crippen LogP contribution is 1.94. The highest BCUT2D eigenvalue weighted by Gasteiger charge is 2.08. The first kappa shape index (κ1) is 8.97. The quantitative estimate of drug-likeness (QED) is 0.594. The van der Waals surface area contributed by atoms with Crippen LogP contribution in [0.15, 0.2) is 0 Å². The molecule has 1 saturated heterocycles. The molecule has 0 amide bonds. The molecule has 0 aromatic heterocycles. The third-order valence-corrected chi connectivity index (χ3v) is 1.96. The molecule has 0 aromatic rings. The summed E-state index contributed by atoms with van der Waals surface area (Å²) >= 11 is 0. The van der Waals surface area contributed by atoms with Gasteiger partial charge in [0, 0.05) is 27.6 Å². The molecule has 68 valence electrons. The minimum absolute atomic E-state index is 0. The van der Waals surface area contributed by atoms with Crippen LogP contribution in [0.1, 0.15) is 8.35 Å². The van der Waals surface area contributed by atoms with Gasteiger partial charge >= 0.3 is 0 Å². The lowest BCUT2D eigenvalue weighted by atomic mass is 10.4. The van der Waals surface area contributed by atoms with Gasteiger partial charge in [0.05, 0.1) is 13.2 Å². The predicted octanol–water partition coefficient (Wildman–Crippen LogP) is 0.174. The number of ether oxygens (including phenoxy) is 1. The number of morpholine rings is 1. The zero-order chi connectivity index (χ0) is 7.94. The lowest BCUT2D eigenvalue weighted by molar-refractivity contribution is 0.0385. The Morgan fingerprint density at radius 3 is 2.82 bits per heavy atom. The van der Waals surface area contributed by atoms with Gasteiger partial charge in [-0.25, -0.2) is 0 Å². The molecule has 0 saturated carbocycles. The van der Waals surface area contributed by atoms with Crippen LogP contribution in [0, 0.1) is 0 Å². The number of nitrogens with zero attached hydrogens (tertiary/aromatic N) is 1. The zero-order valence-corrected chi connectivity index (χ0v) is 7.31. The molecular weight excluding hydrogens is 140 g/mol. The Bertz CT molecular complexity index is 97.1. The largest absolute Gasteiger partial charge is 0.379 e. The maximum absolute atomic E-state index is 5.24. The van der Waals surface area contributed by atoms with Crippen molar-refractivity contribution in [3.05, 3.63) is 0 Å². The van der Waals surface area contributed by atoms with Crippen molar-refractivity contribution in [2.45, 2.75) is 6.92 Å². The predicted molar refractivity (Wildman–Crippen MR) is 47.9 cm³/mol. The minimum atomic E-state index is 0. The van der Waals surface area contributed by atoms with Gasteiger partial charge in [-0.1, -0.05) is 6.92 Å². The van der Waals surface area contributed by atoms with Crippen LogP contribution < -0.4 is 5.32 Å². The van der Waals surface area contributed by atoms with E-state index < -0.39 is 0 Å². The number of rotatable bonds is 4. The second-order valence-corrected chi connectivity index (χ2v) is 2.81. The van der Waals surface area contributed by atoms with Crippen molar-refractivity contribution in [1.82, 2.24) is 10.2 Å². The molecule has 1 heterocycles. The third kappa shape index (κ3) is 3.70. The van der Waals surface area contributed by atoms with Crippen LogP contribution in [0.2, 0.25) is 0 Å². The van der Waals surface area contributed by atoms with E-state index in [0.29, 0.717) is 0 Å². The third-order valence-electron chi connectivity index (χ3n) is 1.96. The molecule has 11 heavy (non-hydrogen) atoms. The number of hydrogen-bond acceptors (Lipinski definition) is 3. The molecule has 3 heteroatoms. The van der Waals surface area contributed by atoms with E-state index in [4.69, 9.17) is 4.74 Å². The molecule has 1 N–H and O–H groups in total. The summed E-state index contributed by atoms with van der Waals surface area (Å²) in [4.78, 5) is 2.44. The van der Waals surface area contributed by atoms with Crippen LogP contribution >= 0.6 is 0 Å². The fourth-order valence-electron chi connectivity index (χ4n) is 1.24. The second kappa shape index (κ2) is 5.52. The molecule has 0 bridgehead atoms. The minimum Gasteiger partial charge on any atom is -0.379 e. The summed E-state index contributed by atoms with van der Waals surface area (Å²) in [7, 11) is 0. The second-order valence-electron chi connectivity index (χ2n) is 2.81. The summed E-state index contributed by atoms with van der Waals surface area (Å²) in [5, 5.41) is 3.31. The summed E-state index contributed by atoms with van der Waals surface area (Å²) in [6.45, 7) is 9.51. The van der Waals surface area contributed by atoms with E-state index in [1.807, 2.05) is 0 Å². The van der Waals surface area contributed by atoms with Crippen LogP contribution in [0.5, 0.6) is 0 Å². The Morgan fingerprint density at radius 1 is 1.45 bits per heavy atom. The van der Waals surface area contributed by atoms with Crippen molar-refractivity contribution in [3.8, 4) is 0 Å². The van der Waals surface area contributed by atoms with E-state index in [9.17, 15) is 0 Å². The summed E-state index contributed by atoms with van der Waals surface area (Å²) < 4.78 is 5.24. The van der Waals surface area contributed by atoms with Crippen LogP contribution in [0.3, 0.4) is 0 Å². The van der Waals surface area contributed by atoms with Gasteiger partial charge in [0.15, 0.2) is 0 Å². The summed E-state index contributed by atoms with van der Waals surface area (Å²) in [6, 6.07) is 0. The first-order valence-electron chi connectivity index (χ1n) is 4.44. The first-order chi connectivity index (χ1) is 5.43. The van der Waals surface area contributed by atoms with E-state index in [0.717, 1.165) is 45.9 Å². The monoisotopic (exact) mass is 160 g/mol. The Hall–Kier alpha value is -0.120. The SMILES string of the molecule is CCNCCN1CCOCC1.[HH]. The molecule has 1 fully saturated rings. The average molecular weight is 160 g/mol. The van der Waals surface area contributed by atoms with Crippen LogP contribution in [0.4, 0.5) is 0 Å². The smallest absolute Gasteiger partial charge is 0.0594 e. The normalized spacial score (nSPS) is 20.5. The van der Waals surface area contributed by atoms with Gasteiger partial charge in [-0.05, 0) is 6.54 Å². The topological polar surface area (TPSA) is 24.5 Å². The summed E-state index contributed by atoms with van der Waals surface area (Å²) in [5.41, 5.74) is 0. The molecule has 0 unspecified atom stereocenters. The van der Waals surface area contributed by atoms with Crippen molar-refractivity contribution < 1.29 is 6.16 Å². The zero-order valence-electron chi connectivity index (χ0n) is 7.31. The van der Waals surface area contributed by atoms with Gasteiger partial charge in [0.25, 0.3) is 0 Å². The van der Waals surface area contributed by atoms with Gasteiger partial charge in [0.1, 0.15) is 0 Å². The molecule has 1 rings (SSSR count). The molecule has 0 atom stereocenters. The van der Waals surface area contributed by atoms with Crippen LogP contribution in [-0.2, 0) is 4.74 Å². The maximum atomic E-state index is 5.24. The standard InChI is InChI=1S/C8H18N2O.H2/c1-2-9-3-4-10-5-7-11-8-6-10;/h9H,2-8H2,1H3;1H. The van der Waals surface area contributed by atoms with Crippen molar-refractivity contribution in [2.24, 2.45) is 0 Å². The molecule has 0 aromatic carbocycles. The van der Waals surface area contributed by atoms with E-state index >= 15 is 0 Å². The Labute approximate surface area is 70.2 Å². The summed E-state index contributed by atoms with van der Waals surface area (Å²) in [6.07, 6.45) is 0. The van der Waals surface area contributed by atoms with Gasteiger partial charge in [0.2, 0.25) is 0 Å². The molecule has 0 radical (unpaired) electrons. The molecule has 1 aliphatic heterocycles. The van der Waals surface area contributed by atoms with Crippen molar-refractivity contribution in [3.63, 3.8) is 0 Å². The van der Waals surface area contributed by atoms with Crippen LogP contribution in [-0.4, -0.2) is 50.8 Å². The van der Waals surface area contributed by atoms with E-state index in [2.05, 4.69) is 17.1 Å². The Kier molecular flexibility index (Phi) is 4.50. The molecular formula is C8H20N2O. The Morgan fingerprint density at radius 2 is 2.18 bits per heavy atom. The Balaban J connectivity index is 0.00000121.